The van der Waals surface area contributed by atoms with E-state index < -0.39 is 7.54 Å². The molecule has 3 nitrogen and oxygen atoms in total. The number of likely N-dealkylation sites (tertiary alicyclic amines) is 1. The molecule has 0 aromatic carbocycles. The van der Waals surface area contributed by atoms with Gasteiger partial charge in [-0.05, 0) is 20.8 Å². The second-order valence-corrected chi connectivity index (χ2v) is 5.50. The molecular formula is C11H18BF3KNO2. The van der Waals surface area contributed by atoms with Gasteiger partial charge in [-0.15, -0.1) is 0 Å². The molecule has 1 unspecified atom stereocenters. The molecule has 0 aromatic rings. The van der Waals surface area contributed by atoms with E-state index >= 15 is 0 Å². The summed E-state index contributed by atoms with van der Waals surface area (Å²) in [5.74, 6) is 2.36. The molecule has 2 fully saturated rings. The minimum atomic E-state index is -3.67. The molecule has 0 N–H and O–H groups in total. The molecule has 1 saturated heterocycles. The van der Waals surface area contributed by atoms with Gasteiger partial charge in [-0.25, -0.2) is 4.79 Å². The number of carbonyl (C=O) groups excluding carboxylic acids is 1. The number of hydrogen-bond donors (Lipinski definition) is 0. The summed E-state index contributed by atoms with van der Waals surface area (Å²) in [5, 5.41) is 0. The normalized spacial score (nSPS) is 21.4. The van der Waals surface area contributed by atoms with Crippen LogP contribution in [0.1, 0.15) is 33.6 Å². The first-order chi connectivity index (χ1) is 8.19. The second-order valence-electron chi connectivity index (χ2n) is 5.50. The summed E-state index contributed by atoms with van der Waals surface area (Å²) in [7, 11) is -3.67. The molecule has 1 amide bonds. The van der Waals surface area contributed by atoms with E-state index in [1.807, 2.05) is 25.7 Å². The molecule has 104 valence electrons. The first-order valence-electron chi connectivity index (χ1n) is 5.94. The number of piperidine rings is 1. The molecule has 0 radical (unpaired) electrons. The van der Waals surface area contributed by atoms with Crippen LogP contribution in [0.4, 0.5) is 17.7 Å². The molecule has 2 aliphatic rings. The van der Waals surface area contributed by atoms with Gasteiger partial charge in [0.15, 0.2) is 0 Å². The van der Waals surface area contributed by atoms with Crippen molar-refractivity contribution < 1.29 is 73.9 Å². The maximum atomic E-state index is 11.7. The number of fused-ring (bicyclic) bond motifs is 1. The Morgan fingerprint density at radius 1 is 1.37 bits per heavy atom. The van der Waals surface area contributed by atoms with Crippen LogP contribution in [0.5, 0.6) is 0 Å². The quantitative estimate of drug-likeness (QED) is 0.469. The van der Waals surface area contributed by atoms with Crippen molar-refractivity contribution in [2.45, 2.75) is 39.2 Å². The minimum Gasteiger partial charge on any atom is -0.444 e. The number of rotatable bonds is 0. The average molecular weight is 303 g/mol. The van der Waals surface area contributed by atoms with Crippen LogP contribution < -0.4 is 51.4 Å². The van der Waals surface area contributed by atoms with Crippen molar-refractivity contribution in [3.63, 3.8) is 0 Å². The summed E-state index contributed by atoms with van der Waals surface area (Å²) in [6.07, 6.45) is 2.21. The van der Waals surface area contributed by atoms with Crippen molar-refractivity contribution in [1.82, 2.24) is 4.90 Å². The van der Waals surface area contributed by atoms with Gasteiger partial charge in [-0.1, -0.05) is 13.0 Å². The third-order valence-electron chi connectivity index (χ3n) is 2.72. The fourth-order valence-corrected chi connectivity index (χ4v) is 1.88. The Labute approximate surface area is 155 Å². The molecule has 1 aliphatic carbocycles. The van der Waals surface area contributed by atoms with E-state index in [0.717, 1.165) is 25.4 Å². The van der Waals surface area contributed by atoms with Crippen LogP contribution in [0.15, 0.2) is 0 Å². The van der Waals surface area contributed by atoms with Crippen LogP contribution in [0, 0.1) is 11.8 Å². The van der Waals surface area contributed by atoms with E-state index in [1.165, 1.54) is 12.3 Å². The Kier molecular flexibility index (Phi) is 8.60. The predicted molar refractivity (Wildman–Crippen MR) is 62.9 cm³/mol. The van der Waals surface area contributed by atoms with Crippen LogP contribution in [0.3, 0.4) is 0 Å². The van der Waals surface area contributed by atoms with E-state index in [0.29, 0.717) is 0 Å². The van der Waals surface area contributed by atoms with Gasteiger partial charge >= 0.3 is 65.0 Å². The van der Waals surface area contributed by atoms with Gasteiger partial charge in [0.05, 0.1) is 0 Å². The van der Waals surface area contributed by atoms with Gasteiger partial charge in [-0.2, -0.15) is 12.3 Å². The molecule has 8 heteroatoms. The predicted octanol–water partition coefficient (Wildman–Crippen LogP) is 0.105. The molecule has 0 bridgehead atoms. The van der Waals surface area contributed by atoms with Gasteiger partial charge in [-0.3, -0.25) is 18.9 Å². The van der Waals surface area contributed by atoms with Gasteiger partial charge in [0.25, 0.3) is 0 Å². The number of ether oxygens (including phenoxy) is 1. The fourth-order valence-electron chi connectivity index (χ4n) is 1.88. The SMILES string of the molecule is CC(C)(C)OC(=O)N1CCC2C[C-]2C1.FB(F)F.[K+]. The van der Waals surface area contributed by atoms with E-state index in [1.54, 1.807) is 0 Å². The molecule has 1 saturated carbocycles. The van der Waals surface area contributed by atoms with Crippen molar-refractivity contribution in [3.8, 4) is 0 Å². The van der Waals surface area contributed by atoms with Crippen molar-refractivity contribution in [2.24, 2.45) is 5.92 Å². The van der Waals surface area contributed by atoms with Crippen molar-refractivity contribution in [2.75, 3.05) is 13.1 Å². The van der Waals surface area contributed by atoms with E-state index in [9.17, 15) is 17.7 Å². The zero-order chi connectivity index (χ0) is 13.9. The van der Waals surface area contributed by atoms with E-state index in [4.69, 9.17) is 4.74 Å². The molecule has 19 heavy (non-hydrogen) atoms. The molecule has 1 atom stereocenters. The summed E-state index contributed by atoms with van der Waals surface area (Å²) >= 11 is 0. The van der Waals surface area contributed by atoms with Crippen LogP contribution in [0.2, 0.25) is 0 Å². The average Bonchev–Trinajstić information content (AvgIpc) is 2.90. The van der Waals surface area contributed by atoms with Gasteiger partial charge in [0, 0.05) is 6.54 Å². The Morgan fingerprint density at radius 2 is 1.89 bits per heavy atom. The minimum absolute atomic E-state index is 0. The maximum Gasteiger partial charge on any atom is 1.00 e. The zero-order valence-corrected chi connectivity index (χ0v) is 15.0. The summed E-state index contributed by atoms with van der Waals surface area (Å²) in [6.45, 7) is 7.41. The number of carbonyl (C=O) groups is 1. The Hall–Kier alpha value is 0.761. The van der Waals surface area contributed by atoms with Crippen LogP contribution in [-0.2, 0) is 4.74 Å². The van der Waals surface area contributed by atoms with Crippen molar-refractivity contribution >= 4 is 13.6 Å². The first kappa shape index (κ1) is 19.8. The topological polar surface area (TPSA) is 29.5 Å². The number of amides is 1. The number of hydrogen-bond acceptors (Lipinski definition) is 2. The molecule has 2 rings (SSSR count). The summed E-state index contributed by atoms with van der Waals surface area (Å²) in [6, 6.07) is 0. The second kappa shape index (κ2) is 8.26. The first-order valence-corrected chi connectivity index (χ1v) is 5.94. The Morgan fingerprint density at radius 3 is 2.32 bits per heavy atom. The van der Waals surface area contributed by atoms with Crippen LogP contribution in [-0.4, -0.2) is 37.2 Å². The van der Waals surface area contributed by atoms with Gasteiger partial charge < -0.3 is 9.64 Å². The van der Waals surface area contributed by atoms with Crippen LogP contribution >= 0.6 is 0 Å². The standard InChI is InChI=1S/C11H18NO2.BF3.K/c1-11(2,3)14-10(13)12-5-4-8-6-9(8)7-12;2-1(3)4;/h8H,4-7H2,1-3H3;;/q-1;;+1. The van der Waals surface area contributed by atoms with E-state index in [-0.39, 0.29) is 63.1 Å². The monoisotopic (exact) mass is 303 g/mol. The molecule has 1 aliphatic heterocycles. The Bertz CT molecular complexity index is 299. The van der Waals surface area contributed by atoms with Gasteiger partial charge in [0.1, 0.15) is 5.60 Å². The van der Waals surface area contributed by atoms with Crippen LogP contribution in [0.25, 0.3) is 0 Å². The largest absolute Gasteiger partial charge is 1.00 e. The smallest absolute Gasteiger partial charge is 0.444 e. The summed E-state index contributed by atoms with van der Waals surface area (Å²) in [5.41, 5.74) is -0.373. The third kappa shape index (κ3) is 8.60. The van der Waals surface area contributed by atoms with E-state index in [2.05, 4.69) is 0 Å². The van der Waals surface area contributed by atoms with Gasteiger partial charge in [0.2, 0.25) is 0 Å². The zero-order valence-electron chi connectivity index (χ0n) is 11.9. The van der Waals surface area contributed by atoms with Crippen molar-refractivity contribution in [3.05, 3.63) is 5.92 Å². The molecule has 0 aromatic heterocycles. The fraction of sp³-hybridized carbons (Fsp3) is 0.818. The number of halogens is 3. The number of nitrogens with zero attached hydrogens (tertiary/aromatic N) is 1. The summed E-state index contributed by atoms with van der Waals surface area (Å²) < 4.78 is 34.3. The molecule has 1 heterocycles. The molecule has 0 spiro atoms. The van der Waals surface area contributed by atoms with Crippen molar-refractivity contribution in [1.29, 1.82) is 0 Å². The Balaban J connectivity index is 0.000000576. The maximum absolute atomic E-state index is 11.7. The summed E-state index contributed by atoms with van der Waals surface area (Å²) in [4.78, 5) is 13.5. The third-order valence-corrected chi connectivity index (χ3v) is 2.72. The molecular weight excluding hydrogens is 285 g/mol.